The molecule has 6 nitrogen and oxygen atoms in total. The number of hydrogen-bond donors (Lipinski definition) is 1. The van der Waals surface area contributed by atoms with Crippen molar-refractivity contribution in [1.29, 1.82) is 0 Å². The molecule has 0 radical (unpaired) electrons. The van der Waals surface area contributed by atoms with E-state index >= 15 is 0 Å². The molecule has 4 rings (SSSR count). The van der Waals surface area contributed by atoms with Gasteiger partial charge in [-0.25, -0.2) is 4.98 Å². The Hall–Kier alpha value is -3.15. The van der Waals surface area contributed by atoms with Gasteiger partial charge in [0.15, 0.2) is 0 Å². The van der Waals surface area contributed by atoms with E-state index in [2.05, 4.69) is 11.9 Å². The van der Waals surface area contributed by atoms with Gasteiger partial charge < -0.3 is 14.6 Å². The Morgan fingerprint density at radius 3 is 2.65 bits per heavy atom. The highest BCUT2D eigenvalue weighted by Crippen LogP contribution is 2.45. The summed E-state index contributed by atoms with van der Waals surface area (Å²) in [5.41, 5.74) is 0.696. The summed E-state index contributed by atoms with van der Waals surface area (Å²) in [5, 5.41) is 12.8. The second-order valence-corrected chi connectivity index (χ2v) is 8.28. The maximum Gasteiger partial charge on any atom is 0.290 e. The monoisotopic (exact) mass is 419 g/mol. The minimum atomic E-state index is -0.439. The van der Waals surface area contributed by atoms with Crippen molar-refractivity contribution in [3.63, 3.8) is 0 Å². The van der Waals surface area contributed by atoms with Gasteiger partial charge in [0.25, 0.3) is 5.91 Å². The van der Waals surface area contributed by atoms with Gasteiger partial charge in [-0.1, -0.05) is 56.5 Å². The molecule has 0 saturated carbocycles. The molecule has 2 heterocycles. The van der Waals surface area contributed by atoms with E-state index in [1.54, 1.807) is 23.5 Å². The molecule has 1 saturated heterocycles. The Kier molecular flexibility index (Phi) is 6.35. The molecule has 1 fully saturated rings. The third kappa shape index (κ3) is 4.20. The average Bonchev–Trinajstić information content (AvgIpc) is 3.37. The Morgan fingerprint density at radius 2 is 1.87 bits per heavy atom. The quantitative estimate of drug-likeness (QED) is 0.410. The summed E-state index contributed by atoms with van der Waals surface area (Å²) in [6.07, 6.45) is 9.69. The second kappa shape index (κ2) is 9.33. The summed E-state index contributed by atoms with van der Waals surface area (Å²) in [6, 6.07) is 11.0. The standard InChI is InChI=1S/C25H29N3O3/c1-2-3-4-10-20-23(22-19-9-6-5-8-18(19)11-12-21(22)29)28(25(31)24(20)30)15-7-14-27-16-13-26-17-27/h5-6,8-9,11-13,16-17,20,23,29H,2-4,7,10,14-15H2,1H3. The maximum atomic E-state index is 13.0. The van der Waals surface area contributed by atoms with Crippen molar-refractivity contribution in [3.05, 3.63) is 60.7 Å². The lowest BCUT2D eigenvalue weighted by atomic mass is 9.85. The van der Waals surface area contributed by atoms with Crippen LogP contribution in [0, 0.1) is 5.92 Å². The molecule has 6 heteroatoms. The molecule has 0 spiro atoms. The van der Waals surface area contributed by atoms with E-state index in [1.807, 2.05) is 41.1 Å². The zero-order valence-electron chi connectivity index (χ0n) is 17.9. The molecule has 162 valence electrons. The van der Waals surface area contributed by atoms with Crippen molar-refractivity contribution < 1.29 is 14.7 Å². The first kappa shape index (κ1) is 21.1. The maximum absolute atomic E-state index is 13.0. The van der Waals surface area contributed by atoms with Gasteiger partial charge in [0, 0.05) is 31.0 Å². The number of fused-ring (bicyclic) bond motifs is 1. The number of nitrogens with zero attached hydrogens (tertiary/aromatic N) is 3. The van der Waals surface area contributed by atoms with Gasteiger partial charge in [0.05, 0.1) is 18.3 Å². The van der Waals surface area contributed by atoms with Crippen LogP contribution in [0.1, 0.15) is 50.6 Å². The van der Waals surface area contributed by atoms with Crippen LogP contribution in [0.2, 0.25) is 0 Å². The molecule has 1 aliphatic rings. The second-order valence-electron chi connectivity index (χ2n) is 8.28. The van der Waals surface area contributed by atoms with Gasteiger partial charge >= 0.3 is 0 Å². The normalized spacial score (nSPS) is 18.9. The van der Waals surface area contributed by atoms with E-state index in [-0.39, 0.29) is 11.5 Å². The van der Waals surface area contributed by atoms with Crippen molar-refractivity contribution in [2.75, 3.05) is 6.54 Å². The zero-order valence-corrected chi connectivity index (χ0v) is 17.9. The first-order valence-electron chi connectivity index (χ1n) is 11.1. The van der Waals surface area contributed by atoms with E-state index in [4.69, 9.17) is 0 Å². The Bertz CT molecular complexity index is 1060. The number of aromatic nitrogens is 2. The number of aryl methyl sites for hydroxylation is 1. The minimum Gasteiger partial charge on any atom is -0.508 e. The lowest BCUT2D eigenvalue weighted by Crippen LogP contribution is -2.31. The van der Waals surface area contributed by atoms with E-state index in [1.165, 1.54) is 0 Å². The molecule has 1 N–H and O–H groups in total. The Morgan fingerprint density at radius 1 is 1.03 bits per heavy atom. The lowest BCUT2D eigenvalue weighted by Gasteiger charge is -2.29. The summed E-state index contributed by atoms with van der Waals surface area (Å²) in [7, 11) is 0. The molecule has 31 heavy (non-hydrogen) atoms. The number of phenolic OH excluding ortho intramolecular Hbond substituents is 1. The highest BCUT2D eigenvalue weighted by atomic mass is 16.3. The first-order valence-corrected chi connectivity index (χ1v) is 11.1. The molecule has 1 aromatic heterocycles. The number of Topliss-reactive ketones (excluding diaryl/α,β-unsaturated/α-hetero) is 1. The SMILES string of the molecule is CCCCCC1C(=O)C(=O)N(CCCn2ccnc2)C1c1c(O)ccc2ccccc12. The molecule has 0 bridgehead atoms. The number of ketones is 1. The van der Waals surface area contributed by atoms with Crippen LogP contribution in [0.5, 0.6) is 5.75 Å². The molecule has 3 aromatic rings. The van der Waals surface area contributed by atoms with Crippen molar-refractivity contribution in [2.24, 2.45) is 5.92 Å². The summed E-state index contributed by atoms with van der Waals surface area (Å²) in [4.78, 5) is 31.8. The number of phenols is 1. The van der Waals surface area contributed by atoms with Crippen LogP contribution in [-0.4, -0.2) is 37.8 Å². The van der Waals surface area contributed by atoms with Crippen molar-refractivity contribution >= 4 is 22.5 Å². The van der Waals surface area contributed by atoms with Gasteiger partial charge in [-0.05, 0) is 29.7 Å². The summed E-state index contributed by atoms with van der Waals surface area (Å²) in [6.45, 7) is 3.30. The number of rotatable bonds is 9. The first-order chi connectivity index (χ1) is 15.1. The van der Waals surface area contributed by atoms with Gasteiger partial charge in [0.2, 0.25) is 5.78 Å². The molecule has 0 aliphatic carbocycles. The predicted octanol–water partition coefficient (Wildman–Crippen LogP) is 4.48. The topological polar surface area (TPSA) is 75.4 Å². The average molecular weight is 420 g/mol. The molecular weight excluding hydrogens is 390 g/mol. The number of carbonyl (C=O) groups is 2. The van der Waals surface area contributed by atoms with Crippen molar-refractivity contribution in [3.8, 4) is 5.75 Å². The van der Waals surface area contributed by atoms with Gasteiger partial charge in [-0.2, -0.15) is 0 Å². The summed E-state index contributed by atoms with van der Waals surface area (Å²) in [5.74, 6) is -1.03. The highest BCUT2D eigenvalue weighted by molar-refractivity contribution is 6.39. The fraction of sp³-hybridized carbons (Fsp3) is 0.400. The third-order valence-corrected chi connectivity index (χ3v) is 6.26. The van der Waals surface area contributed by atoms with E-state index in [0.29, 0.717) is 31.5 Å². The number of aromatic hydroxyl groups is 1. The van der Waals surface area contributed by atoms with Crippen LogP contribution >= 0.6 is 0 Å². The number of likely N-dealkylation sites (tertiary alicyclic amines) is 1. The molecule has 2 aromatic carbocycles. The van der Waals surface area contributed by atoms with Crippen LogP contribution in [0.4, 0.5) is 0 Å². The zero-order chi connectivity index (χ0) is 21.8. The smallest absolute Gasteiger partial charge is 0.290 e. The predicted molar refractivity (Wildman–Crippen MR) is 120 cm³/mol. The molecule has 2 unspecified atom stereocenters. The number of benzene rings is 2. The summed E-state index contributed by atoms with van der Waals surface area (Å²) >= 11 is 0. The number of carbonyl (C=O) groups excluding carboxylic acids is 2. The molecule has 1 aliphatic heterocycles. The third-order valence-electron chi connectivity index (χ3n) is 6.26. The van der Waals surface area contributed by atoms with Gasteiger partial charge in [-0.15, -0.1) is 0 Å². The fourth-order valence-electron chi connectivity index (χ4n) is 4.73. The minimum absolute atomic E-state index is 0.145. The fourth-order valence-corrected chi connectivity index (χ4v) is 4.73. The van der Waals surface area contributed by atoms with Crippen LogP contribution in [-0.2, 0) is 16.1 Å². The van der Waals surface area contributed by atoms with Gasteiger partial charge in [-0.3, -0.25) is 9.59 Å². The van der Waals surface area contributed by atoms with Gasteiger partial charge in [0.1, 0.15) is 5.75 Å². The molecular formula is C25H29N3O3. The lowest BCUT2D eigenvalue weighted by molar-refractivity contribution is -0.141. The van der Waals surface area contributed by atoms with Crippen LogP contribution in [0.25, 0.3) is 10.8 Å². The highest BCUT2D eigenvalue weighted by Gasteiger charge is 2.48. The van der Waals surface area contributed by atoms with Crippen LogP contribution < -0.4 is 0 Å². The molecule has 2 atom stereocenters. The summed E-state index contributed by atoms with van der Waals surface area (Å²) < 4.78 is 1.96. The number of hydrogen-bond acceptors (Lipinski definition) is 4. The van der Waals surface area contributed by atoms with Crippen molar-refractivity contribution in [2.45, 2.75) is 51.6 Å². The van der Waals surface area contributed by atoms with Crippen LogP contribution in [0.15, 0.2) is 55.1 Å². The van der Waals surface area contributed by atoms with Crippen molar-refractivity contribution in [1.82, 2.24) is 14.5 Å². The number of imidazole rings is 1. The molecule has 1 amide bonds. The number of amides is 1. The Labute approximate surface area is 182 Å². The Balaban J connectivity index is 1.70. The largest absolute Gasteiger partial charge is 0.508 e. The van der Waals surface area contributed by atoms with E-state index in [0.717, 1.165) is 30.0 Å². The van der Waals surface area contributed by atoms with Crippen LogP contribution in [0.3, 0.4) is 0 Å². The van der Waals surface area contributed by atoms with E-state index < -0.39 is 17.9 Å². The van der Waals surface area contributed by atoms with E-state index in [9.17, 15) is 14.7 Å². The number of unbranched alkanes of at least 4 members (excludes halogenated alkanes) is 2.